The molecule has 6 aromatic heterocycles. The van der Waals surface area contributed by atoms with Gasteiger partial charge in [-0.05, 0) is 209 Å². The lowest BCUT2D eigenvalue weighted by Gasteiger charge is -2.41. The lowest BCUT2D eigenvalue weighted by atomic mass is 10.1. The lowest BCUT2D eigenvalue weighted by molar-refractivity contribution is -0.137. The number of hydrogen-bond donors (Lipinski definition) is 5. The quantitative estimate of drug-likeness (QED) is 0.0336. The van der Waals surface area contributed by atoms with E-state index in [0.717, 1.165) is 69.9 Å². The van der Waals surface area contributed by atoms with Crippen LogP contribution in [0.1, 0.15) is 59.1 Å². The van der Waals surface area contributed by atoms with Crippen molar-refractivity contribution in [2.24, 2.45) is 0 Å². The first-order valence-corrected chi connectivity index (χ1v) is 52.8. The van der Waals surface area contributed by atoms with Gasteiger partial charge in [0.2, 0.25) is 11.8 Å². The van der Waals surface area contributed by atoms with Crippen LogP contribution in [0, 0.1) is 20.8 Å². The van der Waals surface area contributed by atoms with Crippen LogP contribution in [0.5, 0.6) is 11.5 Å². The van der Waals surface area contributed by atoms with E-state index >= 15 is 0 Å². The number of piperazine rings is 2. The summed E-state index contributed by atoms with van der Waals surface area (Å²) in [5.41, 5.74) is 7.09. The average molecular weight is 2060 g/mol. The number of ether oxygens (including phenoxy) is 2. The van der Waals surface area contributed by atoms with Gasteiger partial charge in [-0.2, -0.15) is 13.2 Å². The SMILES string of the molecule is CC(Oc1cccc(Cl)c1Cl)C(=O)N[C@H]1CCN(c2ccc(S(=O)(=O)Nc3nccs3)cc2)C1.C[C@H]1CN(c2ccc(S(=O)(=O)Nc3nccs3)cc2)CCN1C(=O)Cn1ccc2ccc(C(F)(F)F)cc21.Cc1cc2ccccc2n1CC(=O)N1CCN(c2ccc(S(=O)(=O)Nc3nccs3)cc2)CC1.Cc1ccc(C)c(OC2CCN(c3ccc(S(=O)(=O)Nc4nccs4)cc3)C2=O)c1.[HH].[HH].[HH].[HH].[HH].[HH].[HH]. The molecule has 31 nitrogen and oxygen atoms in total. The largest absolute Gasteiger partial charge is 0.480 e. The number of amides is 4. The third kappa shape index (κ3) is 24.2. The maximum atomic E-state index is 13.2. The van der Waals surface area contributed by atoms with E-state index in [2.05, 4.69) is 75.5 Å². The summed E-state index contributed by atoms with van der Waals surface area (Å²) in [6.45, 7) is 15.8. The van der Waals surface area contributed by atoms with Crippen LogP contribution in [0.25, 0.3) is 21.8 Å². The number of anilines is 8. The molecule has 4 aliphatic rings. The van der Waals surface area contributed by atoms with Crippen LogP contribution in [0.3, 0.4) is 0 Å². The molecular weight excluding hydrogens is 1950 g/mol. The predicted molar refractivity (Wildman–Crippen MR) is 541 cm³/mol. The van der Waals surface area contributed by atoms with Crippen molar-refractivity contribution < 1.29 is 85.5 Å². The van der Waals surface area contributed by atoms with Crippen molar-refractivity contribution in [2.75, 3.05) is 104 Å². The maximum absolute atomic E-state index is 13.2. The fraction of sp³-hybridized carbons (Fsp3) is 0.261. The van der Waals surface area contributed by atoms with Crippen LogP contribution in [-0.4, -0.2) is 186 Å². The standard InChI is InChI=1S/C25H24F3N5O3S2.C24H25N5O3S2.C22H22Cl2N4O4S2.C21H21N3O4S2.7H2/c1-17-15-31(20-4-6-21(7-5-20)38(35,36)30-24-29-9-13-37-24)11-12-33(17)23(34)16-32-10-8-18-2-3-19(14-22(18)32)25(26,27)28;1-18-16-19-4-2-3-5-22(19)29(18)17-23(30)28-13-11-27(12-14-28)20-6-8-21(9-7-20)34(31,32)26-24-25-10-15-33-24;1-14(32-19-4-2-3-18(23)20(19)24)21(29)26-15-9-11-28(13-15)16-5-7-17(8-6-16)34(30,31)27-22-25-10-12-33-22;1-14-3-4-15(2)19(13-14)28-18-9-11-24(20(18)25)16-5-7-17(8-6-16)30(26,27)23-21-22-10-12-29-21;;;;;;;/h2-10,13-14,17H,11-12,15-16H2,1H3,(H,29,30);2-10,15-16H,11-14,17H2,1H3,(H,25,26);2-8,10,12,14-15H,9,11,13H2,1H3,(H,25,27)(H,26,29);3-8,10,12-13,18H,9,11H2,1-2H3,(H,22,23);7*1H/t17-;;14?,15-;;;;;;;;/m0.0......../s1. The first kappa shape index (κ1) is 98.1. The molecule has 14 aromatic rings. The van der Waals surface area contributed by atoms with E-state index in [4.69, 9.17) is 32.7 Å². The summed E-state index contributed by atoms with van der Waals surface area (Å²) in [6, 6.07) is 52.3. The summed E-state index contributed by atoms with van der Waals surface area (Å²) in [5, 5.41) is 13.4. The van der Waals surface area contributed by atoms with E-state index in [1.165, 1.54) is 94.3 Å². The zero-order valence-electron chi connectivity index (χ0n) is 73.5. The minimum Gasteiger partial charge on any atom is -0.480 e. The molecule has 0 aliphatic carbocycles. The maximum Gasteiger partial charge on any atom is 0.416 e. The molecule has 136 heavy (non-hydrogen) atoms. The van der Waals surface area contributed by atoms with Gasteiger partial charge in [0, 0.05) is 186 Å². The van der Waals surface area contributed by atoms with Crippen molar-refractivity contribution in [1.82, 2.24) is 44.2 Å². The van der Waals surface area contributed by atoms with Gasteiger partial charge < -0.3 is 53.3 Å². The minimum atomic E-state index is -4.46. The average Bonchev–Trinajstić information content (AvgIpc) is 1.70. The van der Waals surface area contributed by atoms with Crippen LogP contribution >= 0.6 is 68.5 Å². The normalized spacial score (nSPS) is 16.2. The number of nitrogens with one attached hydrogen (secondary N) is 5. The van der Waals surface area contributed by atoms with Crippen LogP contribution in [-0.2, 0) is 78.5 Å². The molecule has 10 heterocycles. The Labute approximate surface area is 820 Å². The van der Waals surface area contributed by atoms with Crippen molar-refractivity contribution in [3.05, 3.63) is 273 Å². The van der Waals surface area contributed by atoms with Crippen molar-refractivity contribution in [3.8, 4) is 11.5 Å². The smallest absolute Gasteiger partial charge is 0.416 e. The van der Waals surface area contributed by atoms with Gasteiger partial charge in [-0.25, -0.2) is 53.6 Å². The number of rotatable bonds is 26. The molecule has 8 aromatic carbocycles. The number of hydrogen-bond acceptors (Lipinski definition) is 25. The van der Waals surface area contributed by atoms with Crippen molar-refractivity contribution in [1.29, 1.82) is 0 Å². The van der Waals surface area contributed by atoms with Gasteiger partial charge in [-0.15, -0.1) is 45.3 Å². The van der Waals surface area contributed by atoms with Gasteiger partial charge in [0.25, 0.3) is 51.9 Å². The van der Waals surface area contributed by atoms with Gasteiger partial charge in [-0.3, -0.25) is 38.1 Å². The highest BCUT2D eigenvalue weighted by atomic mass is 35.5. The summed E-state index contributed by atoms with van der Waals surface area (Å²) in [4.78, 5) is 79.5. The molecule has 4 amide bonds. The first-order valence-electron chi connectivity index (χ1n) is 42.6. The van der Waals surface area contributed by atoms with E-state index in [9.17, 15) is 66.0 Å². The fourth-order valence-electron chi connectivity index (χ4n) is 15.7. The van der Waals surface area contributed by atoms with Gasteiger partial charge in [-0.1, -0.05) is 65.7 Å². The number of carbonyl (C=O) groups is 4. The highest BCUT2D eigenvalue weighted by Crippen LogP contribution is 2.37. The molecule has 4 atom stereocenters. The zero-order chi connectivity index (χ0) is 96.4. The summed E-state index contributed by atoms with van der Waals surface area (Å²) in [6.07, 6.45) is 3.31. The molecule has 18 rings (SSSR count). The summed E-state index contributed by atoms with van der Waals surface area (Å²) in [7, 11) is -14.9. The lowest BCUT2D eigenvalue weighted by Crippen LogP contribution is -2.54. The monoisotopic (exact) mass is 2060 g/mol. The topological polar surface area (TPSA) is 364 Å². The third-order valence-electron chi connectivity index (χ3n) is 22.8. The van der Waals surface area contributed by atoms with Crippen molar-refractivity contribution in [3.63, 3.8) is 0 Å². The Morgan fingerprint density at radius 3 is 1.54 bits per heavy atom. The number of aryl methyl sites for hydroxylation is 3. The second-order valence-corrected chi connectivity index (χ2v) is 43.1. The molecule has 4 saturated heterocycles. The Morgan fingerprint density at radius 2 is 1.02 bits per heavy atom. The Kier molecular flexibility index (Phi) is 30.6. The molecule has 4 aliphatic heterocycles. The number of aromatic nitrogens is 6. The zero-order valence-corrected chi connectivity index (χ0v) is 81.6. The minimum absolute atomic E-state index is 0. The molecule has 0 spiro atoms. The Bertz CT molecular complexity index is 7100. The Hall–Kier alpha value is -12.4. The number of thiazole rings is 4. The number of nitrogens with zero attached hydrogens (tertiary/aromatic N) is 12. The van der Waals surface area contributed by atoms with Gasteiger partial charge in [0.05, 0.1) is 30.2 Å². The number of sulfonamides is 4. The molecule has 4 fully saturated rings. The number of alkyl halides is 3. The fourth-order valence-corrected chi connectivity index (χ4v) is 23.2. The van der Waals surface area contributed by atoms with Crippen LogP contribution < -0.4 is 53.3 Å². The van der Waals surface area contributed by atoms with E-state index < -0.39 is 64.0 Å². The Morgan fingerprint density at radius 1 is 0.515 bits per heavy atom. The van der Waals surface area contributed by atoms with E-state index in [-0.39, 0.29) is 82.0 Å². The molecular formula is C92H106Cl2F3N17O14S8. The molecule has 5 N–H and O–H groups in total. The van der Waals surface area contributed by atoms with Crippen LogP contribution in [0.15, 0.2) is 260 Å². The molecule has 0 saturated carbocycles. The highest BCUT2D eigenvalue weighted by molar-refractivity contribution is 7.94. The predicted octanol–water partition coefficient (Wildman–Crippen LogP) is 18.1. The summed E-state index contributed by atoms with van der Waals surface area (Å²) in [5.74, 6) is 0.611. The molecule has 2 unspecified atom stereocenters. The van der Waals surface area contributed by atoms with Crippen molar-refractivity contribution >= 4 is 197 Å². The second-order valence-electron chi connectivity index (χ2n) is 32.0. The molecule has 0 bridgehead atoms. The number of benzene rings is 8. The number of para-hydroxylation sites is 1. The van der Waals surface area contributed by atoms with Gasteiger partial charge in [0.15, 0.2) is 32.7 Å². The van der Waals surface area contributed by atoms with E-state index in [1.54, 1.807) is 140 Å². The third-order valence-corrected chi connectivity index (χ3v) is 32.3. The second kappa shape index (κ2) is 42.5. The number of carbonyl (C=O) groups excluding carboxylic acids is 4. The molecule has 726 valence electrons. The highest BCUT2D eigenvalue weighted by Gasteiger charge is 2.37. The Balaban J connectivity index is 0.000000230. The van der Waals surface area contributed by atoms with Crippen LogP contribution in [0.2, 0.25) is 10.0 Å². The van der Waals surface area contributed by atoms with Gasteiger partial charge in [0.1, 0.15) is 29.6 Å². The number of fused-ring (bicyclic) bond motifs is 2. The molecule has 0 radical (unpaired) electrons. The van der Waals surface area contributed by atoms with Gasteiger partial charge >= 0.3 is 6.18 Å². The van der Waals surface area contributed by atoms with E-state index in [1.807, 2.05) is 81.1 Å². The summed E-state index contributed by atoms with van der Waals surface area (Å²) < 4.78 is 165. The van der Waals surface area contributed by atoms with E-state index in [0.29, 0.717) is 120 Å². The molecule has 44 heteroatoms. The van der Waals surface area contributed by atoms with Crippen molar-refractivity contribution in [2.45, 2.75) is 111 Å². The van der Waals surface area contributed by atoms with Crippen LogP contribution in [0.4, 0.5) is 56.4 Å². The first-order chi connectivity index (χ1) is 65.0. The number of halogens is 5. The summed E-state index contributed by atoms with van der Waals surface area (Å²) >= 11 is 17.0.